The Kier molecular flexibility index (Phi) is 6.96. The van der Waals surface area contributed by atoms with Crippen molar-refractivity contribution in [2.75, 3.05) is 10.6 Å². The normalized spacial score (nSPS) is 9.77. The van der Waals surface area contributed by atoms with Crippen LogP contribution in [-0.2, 0) is 6.54 Å². The molecule has 2 aromatic carbocycles. The van der Waals surface area contributed by atoms with E-state index in [1.54, 1.807) is 18.2 Å². The average Bonchev–Trinajstić information content (AvgIpc) is 2.45. The second-order valence-electron chi connectivity index (χ2n) is 4.19. The van der Waals surface area contributed by atoms with Crippen LogP contribution >= 0.6 is 39.9 Å². The fourth-order valence-corrected chi connectivity index (χ4v) is 2.36. The van der Waals surface area contributed by atoms with Crippen LogP contribution in [0.4, 0.5) is 16.2 Å². The molecule has 0 saturated carbocycles. The number of halogens is 3. The van der Waals surface area contributed by atoms with Crippen LogP contribution in [0.2, 0.25) is 5.02 Å². The van der Waals surface area contributed by atoms with Crippen molar-refractivity contribution >= 4 is 57.3 Å². The summed E-state index contributed by atoms with van der Waals surface area (Å²) in [6.45, 7) is 0.0754. The third kappa shape index (κ3) is 4.27. The Morgan fingerprint density at radius 2 is 1.82 bits per heavy atom. The third-order valence-electron chi connectivity index (χ3n) is 2.80. The Morgan fingerprint density at radius 1 is 1.18 bits per heavy atom. The molecule has 0 aliphatic heterocycles. The number of phenols is 1. The number of nitrogens with one attached hydrogen (secondary N) is 2. The van der Waals surface area contributed by atoms with Gasteiger partial charge in [-0.05, 0) is 40.2 Å². The molecule has 0 saturated heterocycles. The van der Waals surface area contributed by atoms with E-state index in [0.717, 1.165) is 4.47 Å². The molecule has 5 N–H and O–H groups in total. The summed E-state index contributed by atoms with van der Waals surface area (Å²) >= 11 is 9.25. The lowest BCUT2D eigenvalue weighted by Crippen LogP contribution is -2.20. The Bertz CT molecular complexity index is 683. The number of para-hydroxylation sites is 1. The van der Waals surface area contributed by atoms with Crippen molar-refractivity contribution in [3.05, 3.63) is 51.5 Å². The first-order valence-corrected chi connectivity index (χ1v) is 7.23. The lowest BCUT2D eigenvalue weighted by atomic mass is 10.1. The number of benzene rings is 2. The van der Waals surface area contributed by atoms with Gasteiger partial charge in [0.1, 0.15) is 5.75 Å². The number of anilines is 2. The number of rotatable bonds is 3. The molecular weight excluding hydrogens is 393 g/mol. The van der Waals surface area contributed by atoms with E-state index in [4.69, 9.17) is 17.3 Å². The molecule has 2 aromatic rings. The SMILES string of the molecule is Cl.NCc1c(Cl)ccc(NC(=O)Nc2ccccc2Br)c1O. The average molecular weight is 407 g/mol. The molecule has 0 heterocycles. The zero-order chi connectivity index (χ0) is 15.4. The number of carbonyl (C=O) groups is 1. The minimum absolute atomic E-state index is 0. The van der Waals surface area contributed by atoms with E-state index in [0.29, 0.717) is 16.3 Å². The van der Waals surface area contributed by atoms with Gasteiger partial charge in [0.2, 0.25) is 0 Å². The van der Waals surface area contributed by atoms with Crippen molar-refractivity contribution in [1.29, 1.82) is 0 Å². The molecule has 0 aliphatic carbocycles. The number of phenolic OH excluding ortho intramolecular Hbond substituents is 1. The topological polar surface area (TPSA) is 87.4 Å². The lowest BCUT2D eigenvalue weighted by molar-refractivity contribution is 0.262. The van der Waals surface area contributed by atoms with E-state index in [9.17, 15) is 9.90 Å². The molecule has 0 bridgehead atoms. The van der Waals surface area contributed by atoms with Gasteiger partial charge in [-0.1, -0.05) is 23.7 Å². The van der Waals surface area contributed by atoms with Crippen LogP contribution in [0.15, 0.2) is 40.9 Å². The second-order valence-corrected chi connectivity index (χ2v) is 5.45. The first-order valence-electron chi connectivity index (χ1n) is 6.06. The number of hydrogen-bond acceptors (Lipinski definition) is 3. The number of nitrogens with two attached hydrogens (primary N) is 1. The molecule has 8 heteroatoms. The number of carbonyl (C=O) groups excluding carboxylic acids is 1. The van der Waals surface area contributed by atoms with Crippen molar-refractivity contribution in [3.8, 4) is 5.75 Å². The molecule has 0 radical (unpaired) electrons. The molecule has 0 atom stereocenters. The summed E-state index contributed by atoms with van der Waals surface area (Å²) in [5.41, 5.74) is 6.75. The maximum Gasteiger partial charge on any atom is 0.323 e. The van der Waals surface area contributed by atoms with Crippen molar-refractivity contribution in [3.63, 3.8) is 0 Å². The fourth-order valence-electron chi connectivity index (χ4n) is 1.75. The first-order chi connectivity index (χ1) is 10.0. The lowest BCUT2D eigenvalue weighted by Gasteiger charge is -2.13. The highest BCUT2D eigenvalue weighted by Gasteiger charge is 2.13. The summed E-state index contributed by atoms with van der Waals surface area (Å²) in [5, 5.41) is 15.6. The Morgan fingerprint density at radius 3 is 2.45 bits per heavy atom. The molecule has 0 fully saturated rings. The highest BCUT2D eigenvalue weighted by atomic mass is 79.9. The van der Waals surface area contributed by atoms with Crippen LogP contribution in [0.5, 0.6) is 5.75 Å². The van der Waals surface area contributed by atoms with Crippen LogP contribution < -0.4 is 16.4 Å². The van der Waals surface area contributed by atoms with Crippen LogP contribution in [-0.4, -0.2) is 11.1 Å². The van der Waals surface area contributed by atoms with Crippen LogP contribution in [0.1, 0.15) is 5.56 Å². The largest absolute Gasteiger partial charge is 0.505 e. The molecule has 0 aromatic heterocycles. The van der Waals surface area contributed by atoms with Crippen molar-refractivity contribution in [2.24, 2.45) is 5.73 Å². The van der Waals surface area contributed by atoms with E-state index in [1.165, 1.54) is 6.07 Å². The predicted molar refractivity (Wildman–Crippen MR) is 95.0 cm³/mol. The second kappa shape index (κ2) is 8.24. The Balaban J connectivity index is 0.00000242. The molecule has 5 nitrogen and oxygen atoms in total. The summed E-state index contributed by atoms with van der Waals surface area (Å²) in [6, 6.07) is 9.78. The van der Waals surface area contributed by atoms with Gasteiger partial charge in [-0.25, -0.2) is 4.79 Å². The van der Waals surface area contributed by atoms with Crippen LogP contribution in [0.25, 0.3) is 0 Å². The smallest absolute Gasteiger partial charge is 0.323 e. The number of hydrogen-bond donors (Lipinski definition) is 4. The summed E-state index contributed by atoms with van der Waals surface area (Å²) in [5.74, 6) is -0.132. The summed E-state index contributed by atoms with van der Waals surface area (Å²) in [7, 11) is 0. The maximum atomic E-state index is 12.0. The van der Waals surface area contributed by atoms with E-state index < -0.39 is 6.03 Å². The van der Waals surface area contributed by atoms with Gasteiger partial charge in [0, 0.05) is 21.6 Å². The number of urea groups is 1. The van der Waals surface area contributed by atoms with Gasteiger partial charge in [0.05, 0.1) is 11.4 Å². The number of amides is 2. The zero-order valence-corrected chi connectivity index (χ0v) is 14.4. The summed E-state index contributed by atoms with van der Waals surface area (Å²) in [4.78, 5) is 12.0. The molecule has 2 amide bonds. The summed E-state index contributed by atoms with van der Waals surface area (Å²) < 4.78 is 0.753. The fraction of sp³-hybridized carbons (Fsp3) is 0.0714. The molecule has 118 valence electrons. The van der Waals surface area contributed by atoms with Gasteiger partial charge in [0.15, 0.2) is 0 Å². The zero-order valence-electron chi connectivity index (χ0n) is 11.3. The molecular formula is C14H14BrCl2N3O2. The minimum Gasteiger partial charge on any atom is -0.505 e. The Hall–Kier alpha value is -1.47. The summed E-state index contributed by atoms with van der Waals surface area (Å²) in [6.07, 6.45) is 0. The Labute approximate surface area is 147 Å². The quantitative estimate of drug-likeness (QED) is 0.572. The minimum atomic E-state index is -0.484. The molecule has 0 spiro atoms. The molecule has 2 rings (SSSR count). The monoisotopic (exact) mass is 405 g/mol. The highest BCUT2D eigenvalue weighted by molar-refractivity contribution is 9.10. The van der Waals surface area contributed by atoms with Crippen molar-refractivity contribution in [1.82, 2.24) is 0 Å². The van der Waals surface area contributed by atoms with E-state index in [-0.39, 0.29) is 30.4 Å². The molecule has 0 unspecified atom stereocenters. The van der Waals surface area contributed by atoms with Gasteiger partial charge in [-0.3, -0.25) is 0 Å². The van der Waals surface area contributed by atoms with Gasteiger partial charge in [0.25, 0.3) is 0 Å². The van der Waals surface area contributed by atoms with E-state index in [2.05, 4.69) is 26.6 Å². The molecule has 0 aliphatic rings. The van der Waals surface area contributed by atoms with Crippen LogP contribution in [0.3, 0.4) is 0 Å². The van der Waals surface area contributed by atoms with E-state index in [1.807, 2.05) is 12.1 Å². The van der Waals surface area contributed by atoms with Gasteiger partial charge in [-0.2, -0.15) is 0 Å². The van der Waals surface area contributed by atoms with Gasteiger partial charge >= 0.3 is 6.03 Å². The van der Waals surface area contributed by atoms with E-state index >= 15 is 0 Å². The highest BCUT2D eigenvalue weighted by Crippen LogP contribution is 2.33. The third-order valence-corrected chi connectivity index (χ3v) is 3.85. The van der Waals surface area contributed by atoms with Crippen LogP contribution in [0, 0.1) is 0 Å². The predicted octanol–water partition coefficient (Wildman–Crippen LogP) is 4.33. The number of aromatic hydroxyl groups is 1. The van der Waals surface area contributed by atoms with Crippen molar-refractivity contribution < 1.29 is 9.90 Å². The van der Waals surface area contributed by atoms with Gasteiger partial charge in [-0.15, -0.1) is 12.4 Å². The van der Waals surface area contributed by atoms with Crippen molar-refractivity contribution in [2.45, 2.75) is 6.54 Å². The molecule has 22 heavy (non-hydrogen) atoms. The maximum absolute atomic E-state index is 12.0. The first kappa shape index (κ1) is 18.6. The standard InChI is InChI=1S/C14H13BrClN3O2.ClH/c15-9-3-1-2-4-11(9)18-14(21)19-12-6-5-10(16)8(7-17)13(12)20;/h1-6,20H,7,17H2,(H2,18,19,21);1H. The van der Waals surface area contributed by atoms with Gasteiger partial charge < -0.3 is 21.5 Å².